The Morgan fingerprint density at radius 3 is 2.42 bits per heavy atom. The molecule has 0 aromatic heterocycles. The van der Waals surface area contributed by atoms with Gasteiger partial charge in [0.25, 0.3) is 0 Å². The zero-order valence-corrected chi connectivity index (χ0v) is 13.2. The van der Waals surface area contributed by atoms with Gasteiger partial charge in [0.05, 0.1) is 0 Å². The van der Waals surface area contributed by atoms with Crippen molar-refractivity contribution in [3.8, 4) is 0 Å². The molecular formula is C16H26N2S. The van der Waals surface area contributed by atoms with Gasteiger partial charge in [-0.05, 0) is 62.3 Å². The van der Waals surface area contributed by atoms with Crippen LogP contribution in [0.4, 0.5) is 0 Å². The van der Waals surface area contributed by atoms with E-state index in [0.717, 1.165) is 13.1 Å². The van der Waals surface area contributed by atoms with Crippen LogP contribution >= 0.6 is 11.8 Å². The fraction of sp³-hybridized carbons (Fsp3) is 0.625. The van der Waals surface area contributed by atoms with Crippen LogP contribution in [0.1, 0.15) is 25.3 Å². The van der Waals surface area contributed by atoms with Gasteiger partial charge in [0.2, 0.25) is 0 Å². The third-order valence-corrected chi connectivity index (χ3v) is 4.98. The maximum Gasteiger partial charge on any atom is 0.0205 e. The predicted octanol–water partition coefficient (Wildman–Crippen LogP) is 3.23. The van der Waals surface area contributed by atoms with Crippen molar-refractivity contribution in [2.75, 3.05) is 32.9 Å². The third-order valence-electron chi connectivity index (χ3n) is 4.23. The van der Waals surface area contributed by atoms with Gasteiger partial charge in [-0.2, -0.15) is 0 Å². The summed E-state index contributed by atoms with van der Waals surface area (Å²) in [6.07, 6.45) is 4.73. The second kappa shape index (κ2) is 6.78. The number of nitrogens with one attached hydrogen (secondary N) is 1. The molecule has 0 saturated carbocycles. The Bertz CT molecular complexity index is 380. The molecule has 106 valence electrons. The summed E-state index contributed by atoms with van der Waals surface area (Å²) in [6, 6.07) is 8.88. The van der Waals surface area contributed by atoms with Crippen LogP contribution < -0.4 is 5.32 Å². The van der Waals surface area contributed by atoms with Crippen molar-refractivity contribution in [1.82, 2.24) is 10.2 Å². The highest BCUT2D eigenvalue weighted by atomic mass is 32.2. The Hall–Kier alpha value is -0.510. The molecule has 0 amide bonds. The number of likely N-dealkylation sites (tertiary alicyclic amines) is 1. The van der Waals surface area contributed by atoms with Crippen molar-refractivity contribution in [3.05, 3.63) is 29.8 Å². The standard InChI is InChI=1S/C16H26N2S/c1-16(8-10-18(2)11-9-16)13-17-12-14-4-6-15(19-3)7-5-14/h4-7,17H,8-13H2,1-3H3. The summed E-state index contributed by atoms with van der Waals surface area (Å²) in [4.78, 5) is 3.77. The fourth-order valence-electron chi connectivity index (χ4n) is 2.59. The summed E-state index contributed by atoms with van der Waals surface area (Å²) in [7, 11) is 2.22. The average molecular weight is 278 g/mol. The Kier molecular flexibility index (Phi) is 5.31. The highest BCUT2D eigenvalue weighted by molar-refractivity contribution is 7.98. The molecule has 0 spiro atoms. The first-order chi connectivity index (χ1) is 9.11. The molecule has 1 saturated heterocycles. The molecule has 1 N–H and O–H groups in total. The Morgan fingerprint density at radius 2 is 1.84 bits per heavy atom. The van der Waals surface area contributed by atoms with Crippen LogP contribution in [0.3, 0.4) is 0 Å². The van der Waals surface area contributed by atoms with Gasteiger partial charge in [0.1, 0.15) is 0 Å². The highest BCUT2D eigenvalue weighted by Crippen LogP contribution is 2.29. The molecule has 1 aromatic rings. The van der Waals surface area contributed by atoms with Gasteiger partial charge in [0.15, 0.2) is 0 Å². The normalized spacial score (nSPS) is 19.5. The summed E-state index contributed by atoms with van der Waals surface area (Å²) >= 11 is 1.80. The van der Waals surface area contributed by atoms with Gasteiger partial charge in [-0.25, -0.2) is 0 Å². The molecule has 19 heavy (non-hydrogen) atoms. The average Bonchev–Trinajstić information content (AvgIpc) is 2.43. The molecule has 1 aliphatic rings. The molecule has 1 aliphatic heterocycles. The second-order valence-electron chi connectivity index (χ2n) is 6.07. The van der Waals surface area contributed by atoms with Gasteiger partial charge in [-0.1, -0.05) is 19.1 Å². The SMILES string of the molecule is CSc1ccc(CNCC2(C)CCN(C)CC2)cc1. The molecular weight excluding hydrogens is 252 g/mol. The van der Waals surface area contributed by atoms with Crippen molar-refractivity contribution >= 4 is 11.8 Å². The first-order valence-corrected chi connectivity index (χ1v) is 8.36. The summed E-state index contributed by atoms with van der Waals surface area (Å²) in [5.41, 5.74) is 1.86. The number of rotatable bonds is 5. The van der Waals surface area contributed by atoms with E-state index in [1.54, 1.807) is 11.8 Å². The minimum atomic E-state index is 0.478. The first-order valence-electron chi connectivity index (χ1n) is 7.13. The van der Waals surface area contributed by atoms with E-state index in [9.17, 15) is 0 Å². The zero-order chi connectivity index (χ0) is 13.7. The van der Waals surface area contributed by atoms with Crippen LogP contribution in [0, 0.1) is 5.41 Å². The lowest BCUT2D eigenvalue weighted by Crippen LogP contribution is -2.41. The van der Waals surface area contributed by atoms with Gasteiger partial charge in [0, 0.05) is 18.0 Å². The van der Waals surface area contributed by atoms with Gasteiger partial charge in [-0.3, -0.25) is 0 Å². The van der Waals surface area contributed by atoms with E-state index in [-0.39, 0.29) is 0 Å². The topological polar surface area (TPSA) is 15.3 Å². The lowest BCUT2D eigenvalue weighted by molar-refractivity contribution is 0.137. The van der Waals surface area contributed by atoms with Crippen LogP contribution in [-0.4, -0.2) is 37.8 Å². The number of hydrogen-bond donors (Lipinski definition) is 1. The van der Waals surface area contributed by atoms with Crippen LogP contribution in [0.15, 0.2) is 29.2 Å². The molecule has 0 bridgehead atoms. The smallest absolute Gasteiger partial charge is 0.0205 e. The van der Waals surface area contributed by atoms with E-state index in [1.807, 2.05) is 0 Å². The highest BCUT2D eigenvalue weighted by Gasteiger charge is 2.28. The molecule has 0 aliphatic carbocycles. The van der Waals surface area contributed by atoms with E-state index >= 15 is 0 Å². The van der Waals surface area contributed by atoms with Gasteiger partial charge >= 0.3 is 0 Å². The molecule has 2 nitrogen and oxygen atoms in total. The lowest BCUT2D eigenvalue weighted by Gasteiger charge is -2.38. The quantitative estimate of drug-likeness (QED) is 0.833. The number of nitrogens with zero attached hydrogens (tertiary/aromatic N) is 1. The fourth-order valence-corrected chi connectivity index (χ4v) is 3.00. The minimum absolute atomic E-state index is 0.478. The molecule has 1 heterocycles. The largest absolute Gasteiger partial charge is 0.312 e. The Balaban J connectivity index is 1.76. The van der Waals surface area contributed by atoms with E-state index in [2.05, 4.69) is 54.7 Å². The summed E-state index contributed by atoms with van der Waals surface area (Å²) in [5, 5.41) is 3.64. The lowest BCUT2D eigenvalue weighted by atomic mass is 9.80. The molecule has 0 atom stereocenters. The van der Waals surface area contributed by atoms with Crippen LogP contribution in [0.2, 0.25) is 0 Å². The maximum atomic E-state index is 3.64. The Morgan fingerprint density at radius 1 is 1.21 bits per heavy atom. The molecule has 0 unspecified atom stereocenters. The van der Waals surface area contributed by atoms with Crippen LogP contribution in [-0.2, 0) is 6.54 Å². The van der Waals surface area contributed by atoms with Crippen molar-refractivity contribution in [3.63, 3.8) is 0 Å². The van der Waals surface area contributed by atoms with E-state index in [1.165, 1.54) is 36.4 Å². The van der Waals surface area contributed by atoms with E-state index in [4.69, 9.17) is 0 Å². The maximum absolute atomic E-state index is 3.64. The van der Waals surface area contributed by atoms with Crippen LogP contribution in [0.25, 0.3) is 0 Å². The van der Waals surface area contributed by atoms with Crippen molar-refractivity contribution < 1.29 is 0 Å². The van der Waals surface area contributed by atoms with E-state index in [0.29, 0.717) is 5.41 Å². The number of benzene rings is 1. The van der Waals surface area contributed by atoms with Gasteiger partial charge < -0.3 is 10.2 Å². The first kappa shape index (κ1) is 14.9. The van der Waals surface area contributed by atoms with Crippen molar-refractivity contribution in [2.45, 2.75) is 31.2 Å². The van der Waals surface area contributed by atoms with Gasteiger partial charge in [-0.15, -0.1) is 11.8 Å². The molecule has 0 radical (unpaired) electrons. The minimum Gasteiger partial charge on any atom is -0.312 e. The number of thioether (sulfide) groups is 1. The van der Waals surface area contributed by atoms with Crippen molar-refractivity contribution in [2.24, 2.45) is 5.41 Å². The molecule has 2 rings (SSSR count). The third kappa shape index (κ3) is 4.51. The van der Waals surface area contributed by atoms with E-state index < -0.39 is 0 Å². The second-order valence-corrected chi connectivity index (χ2v) is 6.95. The number of piperidine rings is 1. The molecule has 1 fully saturated rings. The van der Waals surface area contributed by atoms with Crippen molar-refractivity contribution in [1.29, 1.82) is 0 Å². The number of hydrogen-bond acceptors (Lipinski definition) is 3. The summed E-state index contributed by atoms with van der Waals surface area (Å²) < 4.78 is 0. The van der Waals surface area contributed by atoms with Crippen LogP contribution in [0.5, 0.6) is 0 Å². The summed E-state index contributed by atoms with van der Waals surface area (Å²) in [5.74, 6) is 0. The summed E-state index contributed by atoms with van der Waals surface area (Å²) in [6.45, 7) is 7.01. The Labute approximate surface area is 122 Å². The predicted molar refractivity (Wildman–Crippen MR) is 84.8 cm³/mol. The molecule has 1 aromatic carbocycles. The molecule has 3 heteroatoms. The monoisotopic (exact) mass is 278 g/mol. The zero-order valence-electron chi connectivity index (χ0n) is 12.4.